The average Bonchev–Trinajstić information content (AvgIpc) is 2.53. The smallest absolute Gasteiger partial charge is 0.179 e. The van der Waals surface area contributed by atoms with E-state index in [0.29, 0.717) is 18.9 Å². The lowest BCUT2D eigenvalue weighted by Gasteiger charge is -2.36. The van der Waals surface area contributed by atoms with Gasteiger partial charge in [0.2, 0.25) is 0 Å². The van der Waals surface area contributed by atoms with Gasteiger partial charge in [-0.2, -0.15) is 0 Å². The van der Waals surface area contributed by atoms with Gasteiger partial charge in [0.05, 0.1) is 0 Å². The second-order valence-electron chi connectivity index (χ2n) is 5.99. The van der Waals surface area contributed by atoms with Gasteiger partial charge in [-0.15, -0.1) is 0 Å². The zero-order valence-electron chi connectivity index (χ0n) is 14.1. The molecule has 0 radical (unpaired) electrons. The van der Waals surface area contributed by atoms with E-state index in [1.165, 1.54) is 6.26 Å². The SMILES string of the molecule is Cc1cc(N2CCN(c3ncccc3S(C)(=O)=O)CC2)nc(C)n1. The number of rotatable bonds is 3. The molecule has 2 aromatic heterocycles. The molecule has 1 aliphatic heterocycles. The lowest BCUT2D eigenvalue weighted by Crippen LogP contribution is -2.47. The summed E-state index contributed by atoms with van der Waals surface area (Å²) in [6.45, 7) is 6.76. The Morgan fingerprint density at radius 2 is 1.71 bits per heavy atom. The highest BCUT2D eigenvalue weighted by atomic mass is 32.2. The molecule has 0 aromatic carbocycles. The molecule has 0 aliphatic carbocycles. The van der Waals surface area contributed by atoms with E-state index in [1.54, 1.807) is 18.3 Å². The fourth-order valence-electron chi connectivity index (χ4n) is 2.92. The van der Waals surface area contributed by atoms with Crippen LogP contribution < -0.4 is 9.80 Å². The van der Waals surface area contributed by atoms with Crippen LogP contribution >= 0.6 is 0 Å². The molecule has 1 aliphatic rings. The number of hydrogen-bond acceptors (Lipinski definition) is 7. The van der Waals surface area contributed by atoms with E-state index in [9.17, 15) is 8.42 Å². The van der Waals surface area contributed by atoms with Crippen LogP contribution in [0, 0.1) is 13.8 Å². The first-order chi connectivity index (χ1) is 11.3. The van der Waals surface area contributed by atoms with Crippen LogP contribution in [0.2, 0.25) is 0 Å². The summed E-state index contributed by atoms with van der Waals surface area (Å²) in [5.74, 6) is 2.22. The number of aryl methyl sites for hydroxylation is 2. The summed E-state index contributed by atoms with van der Waals surface area (Å²) in [4.78, 5) is 17.6. The molecule has 0 N–H and O–H groups in total. The molecule has 0 unspecified atom stereocenters. The van der Waals surface area contributed by atoms with Crippen molar-refractivity contribution < 1.29 is 8.42 Å². The molecule has 7 nitrogen and oxygen atoms in total. The quantitative estimate of drug-likeness (QED) is 0.826. The third-order valence-corrected chi connectivity index (χ3v) is 5.12. The van der Waals surface area contributed by atoms with Gasteiger partial charge in [-0.1, -0.05) is 0 Å². The van der Waals surface area contributed by atoms with Gasteiger partial charge in [0, 0.05) is 50.4 Å². The minimum atomic E-state index is -3.30. The molecule has 24 heavy (non-hydrogen) atoms. The second kappa shape index (κ2) is 6.35. The molecule has 1 fully saturated rings. The molecule has 128 valence electrons. The summed E-state index contributed by atoms with van der Waals surface area (Å²) in [5, 5.41) is 0. The normalized spacial score (nSPS) is 15.6. The van der Waals surface area contributed by atoms with Crippen molar-refractivity contribution in [3.05, 3.63) is 35.9 Å². The number of pyridine rings is 1. The molecule has 0 bridgehead atoms. The van der Waals surface area contributed by atoms with Crippen LogP contribution in [0.5, 0.6) is 0 Å². The maximum Gasteiger partial charge on any atom is 0.179 e. The number of sulfone groups is 1. The van der Waals surface area contributed by atoms with Crippen LogP contribution in [0.4, 0.5) is 11.6 Å². The summed E-state index contributed by atoms with van der Waals surface area (Å²) >= 11 is 0. The van der Waals surface area contributed by atoms with Gasteiger partial charge in [0.25, 0.3) is 0 Å². The number of piperazine rings is 1. The highest BCUT2D eigenvalue weighted by molar-refractivity contribution is 7.90. The summed E-state index contributed by atoms with van der Waals surface area (Å²) in [5.41, 5.74) is 0.948. The zero-order chi connectivity index (χ0) is 17.3. The molecular formula is C16H21N5O2S. The summed E-state index contributed by atoms with van der Waals surface area (Å²) in [6, 6.07) is 5.25. The van der Waals surface area contributed by atoms with E-state index in [2.05, 4.69) is 19.9 Å². The Balaban J connectivity index is 1.79. The molecule has 1 saturated heterocycles. The van der Waals surface area contributed by atoms with Crippen LogP contribution in [0.3, 0.4) is 0 Å². The predicted molar refractivity (Wildman–Crippen MR) is 93.3 cm³/mol. The maximum absolute atomic E-state index is 12.0. The predicted octanol–water partition coefficient (Wildman–Crippen LogP) is 1.22. The molecular weight excluding hydrogens is 326 g/mol. The first kappa shape index (κ1) is 16.6. The number of nitrogens with zero attached hydrogens (tertiary/aromatic N) is 5. The molecule has 2 aromatic rings. The minimum Gasteiger partial charge on any atom is -0.353 e. The van der Waals surface area contributed by atoms with E-state index in [-0.39, 0.29) is 4.90 Å². The molecule has 0 saturated carbocycles. The Kier molecular flexibility index (Phi) is 4.40. The monoisotopic (exact) mass is 347 g/mol. The third kappa shape index (κ3) is 3.48. The summed E-state index contributed by atoms with van der Waals surface area (Å²) in [6.07, 6.45) is 2.85. The first-order valence-electron chi connectivity index (χ1n) is 7.82. The highest BCUT2D eigenvalue weighted by Crippen LogP contribution is 2.24. The van der Waals surface area contributed by atoms with E-state index >= 15 is 0 Å². The van der Waals surface area contributed by atoms with Gasteiger partial charge in [0.15, 0.2) is 9.84 Å². The van der Waals surface area contributed by atoms with Crippen LogP contribution in [0.1, 0.15) is 11.5 Å². The van der Waals surface area contributed by atoms with E-state index in [0.717, 1.165) is 30.4 Å². The topological polar surface area (TPSA) is 79.3 Å². The molecule has 0 spiro atoms. The van der Waals surface area contributed by atoms with Gasteiger partial charge in [-0.25, -0.2) is 23.4 Å². The number of anilines is 2. The van der Waals surface area contributed by atoms with Crippen molar-refractivity contribution >= 4 is 21.5 Å². The van der Waals surface area contributed by atoms with Crippen molar-refractivity contribution in [3.63, 3.8) is 0 Å². The van der Waals surface area contributed by atoms with Gasteiger partial charge >= 0.3 is 0 Å². The number of aromatic nitrogens is 3. The summed E-state index contributed by atoms with van der Waals surface area (Å²) in [7, 11) is -3.30. The second-order valence-corrected chi connectivity index (χ2v) is 7.97. The fourth-order valence-corrected chi connectivity index (χ4v) is 3.76. The molecule has 0 atom stereocenters. The fraction of sp³-hybridized carbons (Fsp3) is 0.438. The summed E-state index contributed by atoms with van der Waals surface area (Å²) < 4.78 is 23.9. The molecule has 3 heterocycles. The standard InChI is InChI=1S/C16H21N5O2S/c1-12-11-15(19-13(2)18-12)20-7-9-21(10-8-20)16-14(24(3,22)23)5-4-6-17-16/h4-6,11H,7-10H2,1-3H3. The Bertz CT molecular complexity index is 825. The van der Waals surface area contributed by atoms with Crippen molar-refractivity contribution in [2.45, 2.75) is 18.7 Å². The van der Waals surface area contributed by atoms with Gasteiger partial charge in [-0.3, -0.25) is 0 Å². The van der Waals surface area contributed by atoms with Crippen molar-refractivity contribution in [1.82, 2.24) is 15.0 Å². The average molecular weight is 347 g/mol. The first-order valence-corrected chi connectivity index (χ1v) is 9.71. The van der Waals surface area contributed by atoms with Crippen molar-refractivity contribution in [3.8, 4) is 0 Å². The third-order valence-electron chi connectivity index (χ3n) is 4.01. The maximum atomic E-state index is 12.0. The Hall–Kier alpha value is -2.22. The van der Waals surface area contributed by atoms with Crippen LogP contribution in [0.25, 0.3) is 0 Å². The van der Waals surface area contributed by atoms with Crippen LogP contribution in [-0.2, 0) is 9.84 Å². The Morgan fingerprint density at radius 3 is 2.33 bits per heavy atom. The van der Waals surface area contributed by atoms with Crippen molar-refractivity contribution in [2.24, 2.45) is 0 Å². The van der Waals surface area contributed by atoms with E-state index < -0.39 is 9.84 Å². The van der Waals surface area contributed by atoms with Crippen molar-refractivity contribution in [1.29, 1.82) is 0 Å². The van der Waals surface area contributed by atoms with Gasteiger partial charge < -0.3 is 9.80 Å². The highest BCUT2D eigenvalue weighted by Gasteiger charge is 2.24. The Morgan fingerprint density at radius 1 is 1.04 bits per heavy atom. The van der Waals surface area contributed by atoms with Crippen LogP contribution in [-0.4, -0.2) is 55.8 Å². The lowest BCUT2D eigenvalue weighted by molar-refractivity contribution is 0.597. The molecule has 8 heteroatoms. The lowest BCUT2D eigenvalue weighted by atomic mass is 10.3. The Labute approximate surface area is 142 Å². The van der Waals surface area contributed by atoms with E-state index in [1.807, 2.05) is 24.8 Å². The molecule has 3 rings (SSSR count). The van der Waals surface area contributed by atoms with Crippen molar-refractivity contribution in [2.75, 3.05) is 42.2 Å². The zero-order valence-corrected chi connectivity index (χ0v) is 14.9. The largest absolute Gasteiger partial charge is 0.353 e. The van der Waals surface area contributed by atoms with Gasteiger partial charge in [0.1, 0.15) is 22.4 Å². The van der Waals surface area contributed by atoms with E-state index in [4.69, 9.17) is 0 Å². The minimum absolute atomic E-state index is 0.284. The molecule has 0 amide bonds. The van der Waals surface area contributed by atoms with Crippen LogP contribution in [0.15, 0.2) is 29.3 Å². The number of hydrogen-bond donors (Lipinski definition) is 0. The van der Waals surface area contributed by atoms with Gasteiger partial charge in [-0.05, 0) is 26.0 Å².